The van der Waals surface area contributed by atoms with E-state index in [1.54, 1.807) is 24.3 Å². The zero-order valence-corrected chi connectivity index (χ0v) is 18.8. The number of aromatic nitrogens is 2. The SMILES string of the molecule is Cc1nn(Cc2ccc(Cl)c(Cl)c2)c(C)c1NC(=S)Nc1cccc(Cl)c1Cl. The number of hydrogen-bond donors (Lipinski definition) is 2. The van der Waals surface area contributed by atoms with Crippen LogP contribution in [0.4, 0.5) is 11.4 Å². The lowest BCUT2D eigenvalue weighted by Crippen LogP contribution is -2.20. The molecule has 3 rings (SSSR count). The molecule has 0 spiro atoms. The van der Waals surface area contributed by atoms with Gasteiger partial charge in [0.1, 0.15) is 0 Å². The van der Waals surface area contributed by atoms with E-state index >= 15 is 0 Å². The molecule has 0 saturated heterocycles. The number of rotatable bonds is 4. The summed E-state index contributed by atoms with van der Waals surface area (Å²) in [6.07, 6.45) is 0. The third-order valence-corrected chi connectivity index (χ3v) is 5.90. The van der Waals surface area contributed by atoms with E-state index in [0.717, 1.165) is 22.6 Å². The second-order valence-corrected chi connectivity index (χ2v) is 8.14. The first kappa shape index (κ1) is 21.2. The smallest absolute Gasteiger partial charge is 0.175 e. The summed E-state index contributed by atoms with van der Waals surface area (Å²) in [7, 11) is 0. The number of anilines is 2. The maximum atomic E-state index is 6.20. The van der Waals surface area contributed by atoms with Gasteiger partial charge < -0.3 is 10.6 Å². The Labute approximate surface area is 188 Å². The van der Waals surface area contributed by atoms with Gasteiger partial charge in [0.25, 0.3) is 0 Å². The van der Waals surface area contributed by atoms with Crippen molar-refractivity contribution in [2.75, 3.05) is 10.6 Å². The van der Waals surface area contributed by atoms with Crippen molar-refractivity contribution in [3.8, 4) is 0 Å². The van der Waals surface area contributed by atoms with E-state index in [-0.39, 0.29) is 0 Å². The van der Waals surface area contributed by atoms with Crippen molar-refractivity contribution in [3.05, 3.63) is 73.4 Å². The molecule has 146 valence electrons. The molecule has 0 bridgehead atoms. The first-order valence-electron chi connectivity index (χ1n) is 8.26. The minimum Gasteiger partial charge on any atom is -0.331 e. The lowest BCUT2D eigenvalue weighted by atomic mass is 10.2. The van der Waals surface area contributed by atoms with E-state index in [4.69, 9.17) is 58.6 Å². The summed E-state index contributed by atoms with van der Waals surface area (Å²) in [5.74, 6) is 0. The van der Waals surface area contributed by atoms with Crippen molar-refractivity contribution < 1.29 is 0 Å². The van der Waals surface area contributed by atoms with Crippen LogP contribution in [0, 0.1) is 13.8 Å². The Hall–Kier alpha value is -1.50. The molecule has 2 N–H and O–H groups in total. The Kier molecular flexibility index (Phi) is 6.73. The lowest BCUT2D eigenvalue weighted by Gasteiger charge is -2.13. The molecule has 4 nitrogen and oxygen atoms in total. The van der Waals surface area contributed by atoms with E-state index < -0.39 is 0 Å². The molecule has 0 unspecified atom stereocenters. The molecule has 9 heteroatoms. The van der Waals surface area contributed by atoms with Crippen molar-refractivity contribution in [3.63, 3.8) is 0 Å². The second-order valence-electron chi connectivity index (χ2n) is 6.13. The predicted octanol–water partition coefficient (Wildman–Crippen LogP) is 6.97. The molecule has 1 aromatic heterocycles. The van der Waals surface area contributed by atoms with Crippen LogP contribution in [0.15, 0.2) is 36.4 Å². The van der Waals surface area contributed by atoms with Crippen LogP contribution in [-0.2, 0) is 6.54 Å². The summed E-state index contributed by atoms with van der Waals surface area (Å²) in [4.78, 5) is 0. The molecule has 2 aromatic carbocycles. The van der Waals surface area contributed by atoms with Gasteiger partial charge in [-0.25, -0.2) is 0 Å². The van der Waals surface area contributed by atoms with E-state index in [0.29, 0.717) is 37.4 Å². The van der Waals surface area contributed by atoms with Crippen LogP contribution in [-0.4, -0.2) is 14.9 Å². The summed E-state index contributed by atoms with van der Waals surface area (Å²) in [5.41, 5.74) is 4.21. The first-order chi connectivity index (χ1) is 13.3. The van der Waals surface area contributed by atoms with Crippen molar-refractivity contribution >= 4 is 75.1 Å². The average molecular weight is 474 g/mol. The Morgan fingerprint density at radius 2 is 1.75 bits per heavy atom. The summed E-state index contributed by atoms with van der Waals surface area (Å²) in [5, 5.41) is 13.1. The van der Waals surface area contributed by atoms with E-state index in [2.05, 4.69) is 15.7 Å². The van der Waals surface area contributed by atoms with Crippen LogP contribution >= 0.6 is 58.6 Å². The number of halogens is 4. The van der Waals surface area contributed by atoms with Gasteiger partial charge in [0.2, 0.25) is 0 Å². The quantitative estimate of drug-likeness (QED) is 0.401. The third kappa shape index (κ3) is 4.73. The van der Waals surface area contributed by atoms with E-state index in [9.17, 15) is 0 Å². The number of benzene rings is 2. The zero-order chi connectivity index (χ0) is 20.4. The fourth-order valence-electron chi connectivity index (χ4n) is 2.71. The number of thiocarbonyl (C=S) groups is 1. The summed E-state index contributed by atoms with van der Waals surface area (Å²) >= 11 is 29.8. The normalized spacial score (nSPS) is 10.8. The molecule has 1 heterocycles. The minimum absolute atomic E-state index is 0.393. The van der Waals surface area contributed by atoms with Gasteiger partial charge in [-0.3, -0.25) is 4.68 Å². The molecule has 3 aromatic rings. The molecular formula is C19H16Cl4N4S. The third-order valence-electron chi connectivity index (χ3n) is 4.14. The van der Waals surface area contributed by atoms with E-state index in [1.165, 1.54) is 0 Å². The molecule has 28 heavy (non-hydrogen) atoms. The van der Waals surface area contributed by atoms with Gasteiger partial charge in [-0.15, -0.1) is 0 Å². The molecule has 0 amide bonds. The highest BCUT2D eigenvalue weighted by Gasteiger charge is 2.14. The largest absolute Gasteiger partial charge is 0.331 e. The molecule has 0 aliphatic rings. The topological polar surface area (TPSA) is 41.9 Å². The highest BCUT2D eigenvalue weighted by Crippen LogP contribution is 2.30. The van der Waals surface area contributed by atoms with Crippen LogP contribution in [0.1, 0.15) is 17.0 Å². The van der Waals surface area contributed by atoms with Crippen LogP contribution in [0.3, 0.4) is 0 Å². The van der Waals surface area contributed by atoms with Crippen molar-refractivity contribution in [2.24, 2.45) is 0 Å². The van der Waals surface area contributed by atoms with Gasteiger partial charge >= 0.3 is 0 Å². The standard InChI is InChI=1S/C19H16Cl4N4S/c1-10-18(25-19(28)24-16-5-3-4-14(21)17(16)23)11(2)27(26-10)9-12-6-7-13(20)15(22)8-12/h3-8H,9H2,1-2H3,(H2,24,25,28). The average Bonchev–Trinajstić information content (AvgIpc) is 2.89. The number of nitrogens with zero attached hydrogens (tertiary/aromatic N) is 2. The molecule has 0 saturated carbocycles. The van der Waals surface area contributed by atoms with Gasteiger partial charge in [0.15, 0.2) is 5.11 Å². The monoisotopic (exact) mass is 472 g/mol. The molecule has 0 radical (unpaired) electrons. The van der Waals surface area contributed by atoms with Crippen molar-refractivity contribution in [1.29, 1.82) is 0 Å². The Balaban J connectivity index is 1.76. The van der Waals surface area contributed by atoms with Gasteiger partial charge in [0, 0.05) is 0 Å². The predicted molar refractivity (Wildman–Crippen MR) is 124 cm³/mol. The second kappa shape index (κ2) is 8.89. The number of hydrogen-bond acceptors (Lipinski definition) is 2. The van der Waals surface area contributed by atoms with Gasteiger partial charge in [0.05, 0.1) is 49.4 Å². The van der Waals surface area contributed by atoms with Crippen molar-refractivity contribution in [2.45, 2.75) is 20.4 Å². The molecule has 0 fully saturated rings. The van der Waals surface area contributed by atoms with Gasteiger partial charge in [-0.1, -0.05) is 58.5 Å². The summed E-state index contributed by atoms with van der Waals surface area (Å²) in [6, 6.07) is 10.8. The number of nitrogens with one attached hydrogen (secondary N) is 2. The fraction of sp³-hybridized carbons (Fsp3) is 0.158. The number of aryl methyl sites for hydroxylation is 1. The highest BCUT2D eigenvalue weighted by atomic mass is 35.5. The maximum Gasteiger partial charge on any atom is 0.175 e. The molecule has 0 aliphatic heterocycles. The van der Waals surface area contributed by atoms with Crippen LogP contribution in [0.25, 0.3) is 0 Å². The summed E-state index contributed by atoms with van der Waals surface area (Å²) < 4.78 is 1.88. The molecule has 0 aliphatic carbocycles. The molecular weight excluding hydrogens is 458 g/mol. The first-order valence-corrected chi connectivity index (χ1v) is 10.2. The zero-order valence-electron chi connectivity index (χ0n) is 15.0. The van der Waals surface area contributed by atoms with Gasteiger partial charge in [-0.05, 0) is 55.9 Å². The van der Waals surface area contributed by atoms with Crippen molar-refractivity contribution in [1.82, 2.24) is 9.78 Å². The lowest BCUT2D eigenvalue weighted by molar-refractivity contribution is 0.659. The van der Waals surface area contributed by atoms with Crippen LogP contribution < -0.4 is 10.6 Å². The Morgan fingerprint density at radius 3 is 2.46 bits per heavy atom. The Morgan fingerprint density at radius 1 is 1.00 bits per heavy atom. The highest BCUT2D eigenvalue weighted by molar-refractivity contribution is 7.80. The molecule has 0 atom stereocenters. The van der Waals surface area contributed by atoms with Crippen LogP contribution in [0.5, 0.6) is 0 Å². The van der Waals surface area contributed by atoms with E-state index in [1.807, 2.05) is 30.7 Å². The summed E-state index contributed by atoms with van der Waals surface area (Å²) in [6.45, 7) is 4.44. The van der Waals surface area contributed by atoms with Crippen LogP contribution in [0.2, 0.25) is 20.1 Å². The van der Waals surface area contributed by atoms with Gasteiger partial charge in [-0.2, -0.15) is 5.10 Å². The Bertz CT molecular complexity index is 1050. The minimum atomic E-state index is 0.393. The fourth-order valence-corrected chi connectivity index (χ4v) is 3.59. The maximum absolute atomic E-state index is 6.20.